The number of ether oxygens (including phenoxy) is 2. The van der Waals surface area contributed by atoms with E-state index in [1.807, 2.05) is 0 Å². The van der Waals surface area contributed by atoms with Gasteiger partial charge in [0.25, 0.3) is 0 Å². The zero-order valence-electron chi connectivity index (χ0n) is 26.3. The third kappa shape index (κ3) is 7.13. The van der Waals surface area contributed by atoms with E-state index in [-0.39, 0.29) is 34.1 Å². The molecule has 0 radical (unpaired) electrons. The summed E-state index contributed by atoms with van der Waals surface area (Å²) in [6.07, 6.45) is -15.6. The van der Waals surface area contributed by atoms with Crippen molar-refractivity contribution in [2.45, 2.75) is 51.4 Å². The van der Waals surface area contributed by atoms with Gasteiger partial charge in [0, 0.05) is 23.7 Å². The van der Waals surface area contributed by atoms with Gasteiger partial charge in [-0.2, -0.15) is 39.5 Å². The van der Waals surface area contributed by atoms with Gasteiger partial charge in [0.2, 0.25) is 0 Å². The van der Waals surface area contributed by atoms with Gasteiger partial charge in [0.05, 0.1) is 30.2 Å². The van der Waals surface area contributed by atoms with Gasteiger partial charge in [0.1, 0.15) is 17.7 Å². The van der Waals surface area contributed by atoms with Crippen molar-refractivity contribution in [2.75, 3.05) is 13.7 Å². The summed E-state index contributed by atoms with van der Waals surface area (Å²) in [6.45, 7) is 3.80. The lowest BCUT2D eigenvalue weighted by Gasteiger charge is -2.32. The number of carbonyl (C=O) groups excluding carboxylic acids is 1. The quantitative estimate of drug-likeness (QED) is 0.240. The van der Waals surface area contributed by atoms with Crippen LogP contribution in [0.2, 0.25) is 0 Å². The van der Waals surface area contributed by atoms with Crippen LogP contribution in [0.5, 0.6) is 5.75 Å². The van der Waals surface area contributed by atoms with Crippen LogP contribution in [0.4, 0.5) is 48.7 Å². The number of alkyl halides is 9. The van der Waals surface area contributed by atoms with Crippen molar-refractivity contribution in [3.63, 3.8) is 0 Å². The van der Waals surface area contributed by atoms with Crippen LogP contribution in [0.3, 0.4) is 0 Å². The molecule has 1 fully saturated rings. The maximum Gasteiger partial charge on any atom is 0.416 e. The lowest BCUT2D eigenvalue weighted by molar-refractivity contribution is -0.169. The lowest BCUT2D eigenvalue weighted by Crippen LogP contribution is -2.36. The standard InChI is InChI=1S/C35H29F10NO3/c1-17-7-5-6-8-24(17)26-14-27(30(48-4)15-29(26)36)25-9-18(2)28(35(43,44)45)12-21(25)16-46-19(3)31(49-32(46)47)20-10-22(33(37,38)39)13-23(11-20)34(40,41)42/h5-15,18-19,28,31H,16H2,1-4H3/t18-,19-,28?,31-/m0/s1. The van der Waals surface area contributed by atoms with Crippen LogP contribution in [0, 0.1) is 24.6 Å². The predicted molar refractivity (Wildman–Crippen MR) is 160 cm³/mol. The van der Waals surface area contributed by atoms with Gasteiger partial charge in [-0.15, -0.1) is 0 Å². The van der Waals surface area contributed by atoms with Crippen LogP contribution in [0.15, 0.2) is 72.3 Å². The van der Waals surface area contributed by atoms with Gasteiger partial charge in [-0.1, -0.05) is 43.3 Å². The Hall–Kier alpha value is -4.49. The molecule has 1 unspecified atom stereocenters. The molecule has 1 heterocycles. The number of aryl methyl sites for hydroxylation is 1. The highest BCUT2D eigenvalue weighted by atomic mass is 19.4. The number of hydrogen-bond acceptors (Lipinski definition) is 3. The van der Waals surface area contributed by atoms with Crippen molar-refractivity contribution in [3.8, 4) is 16.9 Å². The van der Waals surface area contributed by atoms with E-state index in [2.05, 4.69) is 0 Å². The highest BCUT2D eigenvalue weighted by Gasteiger charge is 2.46. The third-order valence-electron chi connectivity index (χ3n) is 8.79. The molecule has 2 aliphatic rings. The maximum absolute atomic E-state index is 15.4. The number of benzene rings is 3. The number of amides is 1. The summed E-state index contributed by atoms with van der Waals surface area (Å²) in [6, 6.07) is 8.96. The Bertz CT molecular complexity index is 1790. The van der Waals surface area contributed by atoms with Crippen molar-refractivity contribution in [2.24, 2.45) is 11.8 Å². The molecule has 0 spiro atoms. The fraction of sp³-hybridized carbons (Fsp3) is 0.343. The minimum absolute atomic E-state index is 0.0248. The topological polar surface area (TPSA) is 38.8 Å². The van der Waals surface area contributed by atoms with E-state index in [9.17, 15) is 44.3 Å². The van der Waals surface area contributed by atoms with Gasteiger partial charge in [-0.3, -0.25) is 4.90 Å². The molecule has 0 bridgehead atoms. The largest absolute Gasteiger partial charge is 0.496 e. The molecule has 0 saturated carbocycles. The smallest absolute Gasteiger partial charge is 0.416 e. The van der Waals surface area contributed by atoms with Crippen molar-refractivity contribution in [1.82, 2.24) is 4.90 Å². The average molecular weight is 702 g/mol. The van der Waals surface area contributed by atoms with Gasteiger partial charge < -0.3 is 9.47 Å². The van der Waals surface area contributed by atoms with E-state index >= 15 is 4.39 Å². The fourth-order valence-electron chi connectivity index (χ4n) is 6.23. The van der Waals surface area contributed by atoms with E-state index in [1.54, 1.807) is 31.2 Å². The molecule has 1 saturated heterocycles. The predicted octanol–water partition coefficient (Wildman–Crippen LogP) is 10.6. The molecule has 49 heavy (non-hydrogen) atoms. The first-order chi connectivity index (χ1) is 22.7. The number of nitrogens with zero attached hydrogens (tertiary/aromatic N) is 1. The highest BCUT2D eigenvalue weighted by molar-refractivity contribution is 5.87. The monoisotopic (exact) mass is 701 g/mol. The molecule has 4 atom stereocenters. The number of allylic oxidation sites excluding steroid dienone is 2. The lowest BCUT2D eigenvalue weighted by atomic mass is 9.79. The van der Waals surface area contributed by atoms with Crippen LogP contribution in [0.1, 0.15) is 47.8 Å². The Morgan fingerprint density at radius 1 is 0.816 bits per heavy atom. The van der Waals surface area contributed by atoms with Crippen LogP contribution in [-0.2, 0) is 17.1 Å². The Morgan fingerprint density at radius 2 is 1.43 bits per heavy atom. The van der Waals surface area contributed by atoms with E-state index in [4.69, 9.17) is 9.47 Å². The Labute approximate surface area is 274 Å². The summed E-state index contributed by atoms with van der Waals surface area (Å²) in [7, 11) is 1.25. The number of carbonyl (C=O) groups is 1. The molecule has 1 aliphatic heterocycles. The SMILES string of the molecule is COc1cc(F)c(-c2ccccc2C)cc1C1=C[C@H](C)C(C(F)(F)F)C=C1CN1C(=O)O[C@H](c2cc(C(F)(F)F)cc(C(F)(F)F)c2)[C@@H]1C. The summed E-state index contributed by atoms with van der Waals surface area (Å²) in [4.78, 5) is 14.1. The molecular formula is C35H29F10NO3. The van der Waals surface area contributed by atoms with Crippen LogP contribution >= 0.6 is 0 Å². The average Bonchev–Trinajstić information content (AvgIpc) is 3.28. The van der Waals surface area contributed by atoms with E-state index in [0.717, 1.165) is 17.0 Å². The second-order valence-corrected chi connectivity index (χ2v) is 12.1. The van der Waals surface area contributed by atoms with Gasteiger partial charge in [-0.05, 0) is 71.9 Å². The van der Waals surface area contributed by atoms with Crippen molar-refractivity contribution in [3.05, 3.63) is 106 Å². The van der Waals surface area contributed by atoms with E-state index in [0.29, 0.717) is 23.3 Å². The van der Waals surface area contributed by atoms with Crippen LogP contribution in [0.25, 0.3) is 16.7 Å². The van der Waals surface area contributed by atoms with E-state index in [1.165, 1.54) is 33.1 Å². The van der Waals surface area contributed by atoms with Crippen LogP contribution in [-0.4, -0.2) is 36.9 Å². The number of halogens is 10. The molecule has 0 N–H and O–H groups in total. The zero-order chi connectivity index (χ0) is 36.2. The molecule has 1 amide bonds. The minimum atomic E-state index is -5.16. The molecule has 1 aliphatic carbocycles. The molecule has 3 aromatic rings. The van der Waals surface area contributed by atoms with Gasteiger partial charge >= 0.3 is 24.6 Å². The first kappa shape index (κ1) is 35.8. The van der Waals surface area contributed by atoms with Gasteiger partial charge in [-0.25, -0.2) is 9.18 Å². The summed E-state index contributed by atoms with van der Waals surface area (Å²) in [5.74, 6) is -3.84. The molecule has 262 valence electrons. The third-order valence-corrected chi connectivity index (χ3v) is 8.79. The normalized spacial score (nSPS) is 21.8. The summed E-state index contributed by atoms with van der Waals surface area (Å²) in [5.41, 5.74) is -2.19. The number of methoxy groups -OCH3 is 1. The maximum atomic E-state index is 15.4. The Morgan fingerprint density at radius 3 is 1.98 bits per heavy atom. The van der Waals surface area contributed by atoms with Crippen LogP contribution < -0.4 is 4.74 Å². The molecule has 0 aromatic heterocycles. The summed E-state index contributed by atoms with van der Waals surface area (Å²) in [5, 5.41) is 0. The molecule has 3 aromatic carbocycles. The van der Waals surface area contributed by atoms with E-state index < -0.39 is 77.7 Å². The van der Waals surface area contributed by atoms with Gasteiger partial charge in [0.15, 0.2) is 0 Å². The first-order valence-corrected chi connectivity index (χ1v) is 14.9. The molecule has 4 nitrogen and oxygen atoms in total. The second kappa shape index (κ2) is 12.8. The summed E-state index contributed by atoms with van der Waals surface area (Å²) < 4.78 is 150. The highest BCUT2D eigenvalue weighted by Crippen LogP contribution is 2.47. The van der Waals surface area contributed by atoms with Crippen molar-refractivity contribution < 1.29 is 58.2 Å². The summed E-state index contributed by atoms with van der Waals surface area (Å²) >= 11 is 0. The second-order valence-electron chi connectivity index (χ2n) is 12.1. The zero-order valence-corrected chi connectivity index (χ0v) is 26.3. The molecular weight excluding hydrogens is 672 g/mol. The number of hydrogen-bond donors (Lipinski definition) is 0. The minimum Gasteiger partial charge on any atom is -0.496 e. The number of rotatable bonds is 6. The Kier molecular flexibility index (Phi) is 9.32. The first-order valence-electron chi connectivity index (χ1n) is 14.9. The Balaban J connectivity index is 1.59. The number of cyclic esters (lactones) is 1. The fourth-order valence-corrected chi connectivity index (χ4v) is 6.23. The van der Waals surface area contributed by atoms with Crippen molar-refractivity contribution in [1.29, 1.82) is 0 Å². The molecule has 5 rings (SSSR count). The molecule has 14 heteroatoms. The van der Waals surface area contributed by atoms with Crippen molar-refractivity contribution >= 4 is 11.7 Å².